The fraction of sp³-hybridized carbons (Fsp3) is 0.333. The number of carbonyl (C=O) groups is 2. The molecule has 148 valence electrons. The van der Waals surface area contributed by atoms with E-state index in [0.29, 0.717) is 33.6 Å². The van der Waals surface area contributed by atoms with Gasteiger partial charge in [0.2, 0.25) is 5.91 Å². The van der Waals surface area contributed by atoms with Crippen LogP contribution in [0.2, 0.25) is 5.02 Å². The van der Waals surface area contributed by atoms with Gasteiger partial charge < -0.3 is 4.74 Å². The van der Waals surface area contributed by atoms with Crippen molar-refractivity contribution >= 4 is 29.2 Å². The van der Waals surface area contributed by atoms with Gasteiger partial charge in [-0.05, 0) is 30.7 Å². The molecule has 1 aliphatic heterocycles. The number of hydrazine groups is 1. The number of urea groups is 1. The van der Waals surface area contributed by atoms with Crippen LogP contribution in [0.3, 0.4) is 0 Å². The number of nitrogens with two attached hydrogens (primary N) is 1. The van der Waals surface area contributed by atoms with Crippen LogP contribution in [0.4, 0.5) is 10.5 Å². The van der Waals surface area contributed by atoms with E-state index in [9.17, 15) is 9.59 Å². The Balaban J connectivity index is 1.86. The molecule has 3 amide bonds. The third-order valence-electron chi connectivity index (χ3n) is 4.68. The largest absolute Gasteiger partial charge is 0.455 e. The van der Waals surface area contributed by atoms with Gasteiger partial charge in [0.15, 0.2) is 5.75 Å². The van der Waals surface area contributed by atoms with E-state index in [1.54, 1.807) is 18.2 Å². The van der Waals surface area contributed by atoms with Gasteiger partial charge >= 0.3 is 6.03 Å². The molecule has 3 rings (SSSR count). The molecule has 0 bridgehead atoms. The summed E-state index contributed by atoms with van der Waals surface area (Å²) in [5, 5.41) is 1.16. The molecule has 0 aliphatic carbocycles. The average Bonchev–Trinajstić information content (AvgIpc) is 2.86. The molecule has 2 aromatic rings. The lowest BCUT2D eigenvalue weighted by molar-refractivity contribution is -0.128. The first kappa shape index (κ1) is 20.2. The molecular formula is C21H24ClN3O3. The number of hydrogen-bond donors (Lipinski definition) is 1. The Bertz CT molecular complexity index is 872. The van der Waals surface area contributed by atoms with Gasteiger partial charge in [-0.1, -0.05) is 56.0 Å². The number of fused-ring (bicyclic) bond motifs is 2. The summed E-state index contributed by atoms with van der Waals surface area (Å²) in [5.41, 5.74) is 1.29. The minimum Gasteiger partial charge on any atom is -0.455 e. The second-order valence-corrected chi connectivity index (χ2v) is 7.20. The molecule has 1 aliphatic rings. The summed E-state index contributed by atoms with van der Waals surface area (Å²) in [4.78, 5) is 26.9. The van der Waals surface area contributed by atoms with Crippen LogP contribution in [0.1, 0.15) is 44.6 Å². The normalized spacial score (nSPS) is 12.5. The Morgan fingerprint density at radius 2 is 1.93 bits per heavy atom. The number of hydrogen-bond acceptors (Lipinski definition) is 4. The van der Waals surface area contributed by atoms with Crippen LogP contribution in [0.5, 0.6) is 11.5 Å². The highest BCUT2D eigenvalue weighted by atomic mass is 35.5. The van der Waals surface area contributed by atoms with E-state index in [-0.39, 0.29) is 13.0 Å². The van der Waals surface area contributed by atoms with Crippen molar-refractivity contribution in [1.29, 1.82) is 0 Å². The van der Waals surface area contributed by atoms with Crippen molar-refractivity contribution in [2.75, 3.05) is 4.90 Å². The molecule has 0 atom stereocenters. The van der Waals surface area contributed by atoms with Crippen molar-refractivity contribution in [2.45, 2.75) is 45.6 Å². The Hall–Kier alpha value is -2.57. The average molecular weight is 402 g/mol. The van der Waals surface area contributed by atoms with Gasteiger partial charge in [-0.15, -0.1) is 0 Å². The Kier molecular flexibility index (Phi) is 6.54. The predicted octanol–water partition coefficient (Wildman–Crippen LogP) is 5.25. The topological polar surface area (TPSA) is 75.9 Å². The highest BCUT2D eigenvalue weighted by Gasteiger charge is 2.30. The van der Waals surface area contributed by atoms with Crippen LogP contribution in [0.15, 0.2) is 42.5 Å². The number of halogens is 1. The van der Waals surface area contributed by atoms with Crippen LogP contribution >= 0.6 is 11.6 Å². The molecule has 2 N–H and O–H groups in total. The second-order valence-electron chi connectivity index (χ2n) is 6.76. The number of carbonyl (C=O) groups excluding carboxylic acids is 2. The van der Waals surface area contributed by atoms with Crippen molar-refractivity contribution in [3.8, 4) is 11.5 Å². The maximum absolute atomic E-state index is 13.1. The van der Waals surface area contributed by atoms with Gasteiger partial charge in [-0.3, -0.25) is 9.69 Å². The summed E-state index contributed by atoms with van der Waals surface area (Å²) >= 11 is 6.15. The first-order chi connectivity index (χ1) is 13.5. The predicted molar refractivity (Wildman–Crippen MR) is 109 cm³/mol. The van der Waals surface area contributed by atoms with Crippen LogP contribution < -0.4 is 15.5 Å². The zero-order valence-corrected chi connectivity index (χ0v) is 16.6. The van der Waals surface area contributed by atoms with E-state index in [1.165, 1.54) is 4.90 Å². The molecule has 0 saturated carbocycles. The molecule has 28 heavy (non-hydrogen) atoms. The van der Waals surface area contributed by atoms with Crippen molar-refractivity contribution in [3.63, 3.8) is 0 Å². The van der Waals surface area contributed by atoms with Crippen molar-refractivity contribution in [1.82, 2.24) is 5.01 Å². The lowest BCUT2D eigenvalue weighted by Gasteiger charge is -2.26. The highest BCUT2D eigenvalue weighted by molar-refractivity contribution is 6.31. The molecule has 0 radical (unpaired) electrons. The van der Waals surface area contributed by atoms with Gasteiger partial charge in [0.25, 0.3) is 0 Å². The van der Waals surface area contributed by atoms with Crippen LogP contribution in [0, 0.1) is 0 Å². The Morgan fingerprint density at radius 1 is 1.14 bits per heavy atom. The smallest absolute Gasteiger partial charge is 0.346 e. The number of amides is 3. The van der Waals surface area contributed by atoms with Crippen LogP contribution in [-0.4, -0.2) is 16.9 Å². The second kappa shape index (κ2) is 9.08. The number of unbranched alkanes of at least 4 members (excludes halogenated alkanes) is 3. The van der Waals surface area contributed by atoms with Gasteiger partial charge in [-0.2, -0.15) is 5.01 Å². The molecule has 0 aromatic heterocycles. The number of anilines is 1. The number of nitrogens with zero attached hydrogens (tertiary/aromatic N) is 2. The standard InChI is InChI=1S/C21H24ClN3O3/c1-2-3-4-5-10-20(26)25(23)21(27)24-14-15-8-6-7-9-18(15)28-19-12-11-16(22)13-17(19)24/h6-9,11-13H,2-5,10,14,23H2,1H3. The van der Waals surface area contributed by atoms with Gasteiger partial charge in [0, 0.05) is 17.0 Å². The first-order valence-electron chi connectivity index (χ1n) is 9.45. The van der Waals surface area contributed by atoms with E-state index >= 15 is 0 Å². The molecule has 1 heterocycles. The fourth-order valence-corrected chi connectivity index (χ4v) is 3.29. The summed E-state index contributed by atoms with van der Waals surface area (Å²) in [7, 11) is 0. The van der Waals surface area contributed by atoms with Gasteiger partial charge in [0.05, 0.1) is 12.2 Å². The van der Waals surface area contributed by atoms with E-state index in [0.717, 1.165) is 24.8 Å². The monoisotopic (exact) mass is 401 g/mol. The number of para-hydroxylation sites is 1. The minimum absolute atomic E-state index is 0.221. The molecule has 0 saturated heterocycles. The lowest BCUT2D eigenvalue weighted by atomic mass is 10.1. The maximum Gasteiger partial charge on any atom is 0.346 e. The summed E-state index contributed by atoms with van der Waals surface area (Å²) in [6.45, 7) is 2.32. The quantitative estimate of drug-likeness (QED) is 0.321. The van der Waals surface area contributed by atoms with Gasteiger partial charge in [-0.25, -0.2) is 10.6 Å². The molecule has 0 fully saturated rings. The van der Waals surface area contributed by atoms with Crippen molar-refractivity contribution in [2.24, 2.45) is 5.84 Å². The van der Waals surface area contributed by atoms with Gasteiger partial charge in [0.1, 0.15) is 5.75 Å². The lowest BCUT2D eigenvalue weighted by Crippen LogP contribution is -2.50. The van der Waals surface area contributed by atoms with E-state index in [2.05, 4.69) is 6.92 Å². The van der Waals surface area contributed by atoms with E-state index in [1.807, 2.05) is 24.3 Å². The van der Waals surface area contributed by atoms with Crippen LogP contribution in [0.25, 0.3) is 0 Å². The Labute approximate surface area is 169 Å². The SMILES string of the molecule is CCCCCCC(=O)N(N)C(=O)N1Cc2ccccc2Oc2ccc(Cl)cc21. The molecule has 6 nitrogen and oxygen atoms in total. The first-order valence-corrected chi connectivity index (χ1v) is 9.83. The number of benzene rings is 2. The summed E-state index contributed by atoms with van der Waals surface area (Å²) < 4.78 is 5.97. The zero-order valence-electron chi connectivity index (χ0n) is 15.9. The Morgan fingerprint density at radius 3 is 2.71 bits per heavy atom. The molecule has 0 spiro atoms. The summed E-state index contributed by atoms with van der Waals surface area (Å²) in [6, 6.07) is 11.9. The van der Waals surface area contributed by atoms with E-state index < -0.39 is 11.9 Å². The van der Waals surface area contributed by atoms with Crippen molar-refractivity contribution < 1.29 is 14.3 Å². The third kappa shape index (κ3) is 4.46. The number of ether oxygens (including phenoxy) is 1. The minimum atomic E-state index is -0.607. The number of rotatable bonds is 5. The molecule has 0 unspecified atom stereocenters. The molecule has 2 aromatic carbocycles. The summed E-state index contributed by atoms with van der Waals surface area (Å²) in [5.74, 6) is 6.62. The maximum atomic E-state index is 13.1. The fourth-order valence-electron chi connectivity index (χ4n) is 3.13. The molecular weight excluding hydrogens is 378 g/mol. The van der Waals surface area contributed by atoms with Crippen LogP contribution in [-0.2, 0) is 11.3 Å². The highest BCUT2D eigenvalue weighted by Crippen LogP contribution is 2.40. The summed E-state index contributed by atoms with van der Waals surface area (Å²) in [6.07, 6.45) is 4.02. The third-order valence-corrected chi connectivity index (χ3v) is 4.92. The number of imide groups is 1. The molecule has 7 heteroatoms. The van der Waals surface area contributed by atoms with Crippen molar-refractivity contribution in [3.05, 3.63) is 53.1 Å². The van der Waals surface area contributed by atoms with E-state index in [4.69, 9.17) is 22.2 Å². The zero-order chi connectivity index (χ0) is 20.1.